The van der Waals surface area contributed by atoms with Gasteiger partial charge in [-0.2, -0.15) is 5.26 Å². The van der Waals surface area contributed by atoms with E-state index in [0.717, 1.165) is 0 Å². The fourth-order valence-electron chi connectivity index (χ4n) is 1.69. The number of hydrogen-bond acceptors (Lipinski definition) is 4. The van der Waals surface area contributed by atoms with Crippen molar-refractivity contribution < 1.29 is 9.72 Å². The Morgan fingerprint density at radius 3 is 2.74 bits per heavy atom. The van der Waals surface area contributed by atoms with Gasteiger partial charge in [-0.1, -0.05) is 6.92 Å². The molecule has 6 nitrogen and oxygen atoms in total. The number of non-ortho nitro benzene ring substituents is 1. The van der Waals surface area contributed by atoms with Crippen LogP contribution in [0.5, 0.6) is 0 Å². The fraction of sp³-hybridized carbons (Fsp3) is 0.385. The Balaban J connectivity index is 2.89. The predicted molar refractivity (Wildman–Crippen MR) is 69.6 cm³/mol. The van der Waals surface area contributed by atoms with E-state index in [2.05, 4.69) is 5.32 Å². The number of carbonyl (C=O) groups excluding carboxylic acids is 1. The van der Waals surface area contributed by atoms with Crippen LogP contribution in [-0.2, 0) is 0 Å². The second-order valence-electron chi connectivity index (χ2n) is 4.20. The van der Waals surface area contributed by atoms with Gasteiger partial charge in [-0.05, 0) is 25.0 Å². The lowest BCUT2D eigenvalue weighted by Crippen LogP contribution is -2.34. The number of aryl methyl sites for hydroxylation is 1. The van der Waals surface area contributed by atoms with Crippen LogP contribution in [0.2, 0.25) is 0 Å². The monoisotopic (exact) mass is 261 g/mol. The van der Waals surface area contributed by atoms with Crippen LogP contribution in [0.15, 0.2) is 18.2 Å². The molecular weight excluding hydrogens is 246 g/mol. The smallest absolute Gasteiger partial charge is 0.269 e. The summed E-state index contributed by atoms with van der Waals surface area (Å²) in [7, 11) is 0. The Morgan fingerprint density at radius 1 is 1.58 bits per heavy atom. The van der Waals surface area contributed by atoms with E-state index in [4.69, 9.17) is 5.26 Å². The Morgan fingerprint density at radius 2 is 2.26 bits per heavy atom. The van der Waals surface area contributed by atoms with Gasteiger partial charge in [0.1, 0.15) is 0 Å². The van der Waals surface area contributed by atoms with Crippen LogP contribution >= 0.6 is 0 Å². The number of hydrogen-bond donors (Lipinski definition) is 1. The van der Waals surface area contributed by atoms with Crippen LogP contribution < -0.4 is 5.32 Å². The molecule has 1 rings (SSSR count). The number of amides is 1. The average Bonchev–Trinajstić information content (AvgIpc) is 2.37. The molecule has 0 saturated carbocycles. The Hall–Kier alpha value is -2.42. The van der Waals surface area contributed by atoms with Crippen molar-refractivity contribution in [3.8, 4) is 6.07 Å². The summed E-state index contributed by atoms with van der Waals surface area (Å²) in [6.45, 7) is 3.53. The maximum atomic E-state index is 12.0. The minimum atomic E-state index is -0.501. The van der Waals surface area contributed by atoms with Crippen LogP contribution in [0.3, 0.4) is 0 Å². The number of benzene rings is 1. The highest BCUT2D eigenvalue weighted by molar-refractivity contribution is 5.96. The third kappa shape index (κ3) is 3.78. The highest BCUT2D eigenvalue weighted by Gasteiger charge is 2.16. The van der Waals surface area contributed by atoms with Crippen LogP contribution in [0, 0.1) is 28.4 Å². The first-order valence-corrected chi connectivity index (χ1v) is 5.92. The van der Waals surface area contributed by atoms with Crippen molar-refractivity contribution in [2.75, 3.05) is 0 Å². The van der Waals surface area contributed by atoms with Gasteiger partial charge < -0.3 is 5.32 Å². The van der Waals surface area contributed by atoms with E-state index in [1.54, 1.807) is 6.92 Å². The molecule has 19 heavy (non-hydrogen) atoms. The maximum Gasteiger partial charge on any atom is 0.269 e. The largest absolute Gasteiger partial charge is 0.348 e. The van der Waals surface area contributed by atoms with Crippen LogP contribution in [0.1, 0.15) is 35.7 Å². The van der Waals surface area contributed by atoms with Crippen molar-refractivity contribution in [3.05, 3.63) is 39.4 Å². The molecule has 1 unspecified atom stereocenters. The van der Waals surface area contributed by atoms with E-state index >= 15 is 0 Å². The predicted octanol–water partition coefficient (Wildman–Crippen LogP) is 2.33. The van der Waals surface area contributed by atoms with E-state index in [1.165, 1.54) is 18.2 Å². The van der Waals surface area contributed by atoms with Crippen LogP contribution in [0.25, 0.3) is 0 Å². The van der Waals surface area contributed by atoms with Gasteiger partial charge in [0.05, 0.1) is 17.4 Å². The van der Waals surface area contributed by atoms with Crippen molar-refractivity contribution in [2.45, 2.75) is 32.7 Å². The molecule has 1 amide bonds. The molecule has 0 aliphatic heterocycles. The lowest BCUT2D eigenvalue weighted by atomic mass is 10.1. The number of rotatable bonds is 5. The van der Waals surface area contributed by atoms with Crippen molar-refractivity contribution >= 4 is 11.6 Å². The first-order valence-electron chi connectivity index (χ1n) is 5.92. The molecule has 0 aliphatic carbocycles. The van der Waals surface area contributed by atoms with Crippen LogP contribution in [-0.4, -0.2) is 16.9 Å². The van der Waals surface area contributed by atoms with E-state index in [9.17, 15) is 14.9 Å². The molecule has 0 bridgehead atoms. The first-order chi connectivity index (χ1) is 8.99. The molecule has 1 aromatic carbocycles. The first kappa shape index (κ1) is 14.6. The minimum Gasteiger partial charge on any atom is -0.348 e. The average molecular weight is 261 g/mol. The van der Waals surface area contributed by atoms with Crippen molar-refractivity contribution in [3.63, 3.8) is 0 Å². The lowest BCUT2D eigenvalue weighted by Gasteiger charge is -2.14. The second-order valence-corrected chi connectivity index (χ2v) is 4.20. The maximum absolute atomic E-state index is 12.0. The number of nitriles is 1. The Labute approximate surface area is 111 Å². The number of nitrogens with zero attached hydrogens (tertiary/aromatic N) is 2. The number of nitro benzene ring substituents is 1. The van der Waals surface area contributed by atoms with Gasteiger partial charge in [0.2, 0.25) is 0 Å². The summed E-state index contributed by atoms with van der Waals surface area (Å²) in [6, 6.07) is 5.90. The molecular formula is C13H15N3O3. The molecule has 0 fully saturated rings. The molecule has 0 saturated heterocycles. The topological polar surface area (TPSA) is 96.0 Å². The zero-order valence-corrected chi connectivity index (χ0v) is 10.8. The highest BCUT2D eigenvalue weighted by atomic mass is 16.6. The zero-order chi connectivity index (χ0) is 14.4. The molecule has 0 aromatic heterocycles. The van der Waals surface area contributed by atoms with E-state index < -0.39 is 4.92 Å². The molecule has 0 spiro atoms. The summed E-state index contributed by atoms with van der Waals surface area (Å²) in [5, 5.41) is 22.0. The molecule has 1 aromatic rings. The molecule has 1 N–H and O–H groups in total. The van der Waals surface area contributed by atoms with Gasteiger partial charge in [0.15, 0.2) is 0 Å². The summed E-state index contributed by atoms with van der Waals surface area (Å²) in [6.07, 6.45) is 0.902. The van der Waals surface area contributed by atoms with E-state index in [0.29, 0.717) is 17.5 Å². The second kappa shape index (κ2) is 6.50. The molecule has 1 atom stereocenters. The molecule has 0 aliphatic rings. The zero-order valence-electron chi connectivity index (χ0n) is 10.8. The molecule has 0 radical (unpaired) electrons. The van der Waals surface area contributed by atoms with Gasteiger partial charge in [-0.3, -0.25) is 14.9 Å². The Bertz CT molecular complexity index is 534. The molecule has 100 valence electrons. The van der Waals surface area contributed by atoms with E-state index in [-0.39, 0.29) is 24.1 Å². The Kier molecular flexibility index (Phi) is 5.01. The summed E-state index contributed by atoms with van der Waals surface area (Å²) in [5.41, 5.74) is 0.888. The van der Waals surface area contributed by atoms with Gasteiger partial charge in [0, 0.05) is 23.7 Å². The highest BCUT2D eigenvalue weighted by Crippen LogP contribution is 2.17. The van der Waals surface area contributed by atoms with E-state index in [1.807, 2.05) is 13.0 Å². The van der Waals surface area contributed by atoms with Crippen LogP contribution in [0.4, 0.5) is 5.69 Å². The van der Waals surface area contributed by atoms with Crippen molar-refractivity contribution in [1.29, 1.82) is 5.26 Å². The van der Waals surface area contributed by atoms with Crippen molar-refractivity contribution in [1.82, 2.24) is 5.32 Å². The number of nitrogens with one attached hydrogen (secondary N) is 1. The summed E-state index contributed by atoms with van der Waals surface area (Å²) in [4.78, 5) is 22.1. The van der Waals surface area contributed by atoms with Gasteiger partial charge in [0.25, 0.3) is 11.6 Å². The summed E-state index contributed by atoms with van der Waals surface area (Å²) >= 11 is 0. The molecule has 0 heterocycles. The van der Waals surface area contributed by atoms with Gasteiger partial charge in [-0.25, -0.2) is 0 Å². The normalized spacial score (nSPS) is 11.4. The van der Waals surface area contributed by atoms with Gasteiger partial charge in [-0.15, -0.1) is 0 Å². The number of carbonyl (C=O) groups is 1. The SMILES string of the molecule is CCC(CC#N)NC(=O)c1ccc([N+](=O)[O-])cc1C. The standard InChI is InChI=1S/C13H15N3O3/c1-3-10(6-7-14)15-13(17)12-5-4-11(16(18)19)8-9(12)2/h4-5,8,10H,3,6H2,1-2H3,(H,15,17). The lowest BCUT2D eigenvalue weighted by molar-refractivity contribution is -0.384. The molecule has 6 heteroatoms. The summed E-state index contributed by atoms with van der Waals surface area (Å²) < 4.78 is 0. The third-order valence-corrected chi connectivity index (χ3v) is 2.83. The minimum absolute atomic E-state index is 0.0434. The van der Waals surface area contributed by atoms with Gasteiger partial charge >= 0.3 is 0 Å². The fourth-order valence-corrected chi connectivity index (χ4v) is 1.69. The summed E-state index contributed by atoms with van der Waals surface area (Å²) in [5.74, 6) is -0.311. The quantitative estimate of drug-likeness (QED) is 0.649. The third-order valence-electron chi connectivity index (χ3n) is 2.83. The number of nitro groups is 1. The van der Waals surface area contributed by atoms with Crippen molar-refractivity contribution in [2.24, 2.45) is 0 Å².